The number of ether oxygens (including phenoxy) is 1. The minimum absolute atomic E-state index is 0.273. The summed E-state index contributed by atoms with van der Waals surface area (Å²) in [6, 6.07) is 12.9. The quantitative estimate of drug-likeness (QED) is 0.710. The van der Waals surface area contributed by atoms with Gasteiger partial charge in [-0.1, -0.05) is 12.1 Å². The zero-order valence-corrected chi connectivity index (χ0v) is 14.8. The molecule has 6 nitrogen and oxygen atoms in total. The first-order valence-electron chi connectivity index (χ1n) is 8.59. The number of halogens is 1. The molecule has 0 saturated heterocycles. The van der Waals surface area contributed by atoms with E-state index in [-0.39, 0.29) is 24.4 Å². The van der Waals surface area contributed by atoms with Crippen LogP contribution in [-0.2, 0) is 16.0 Å². The van der Waals surface area contributed by atoms with Crippen molar-refractivity contribution >= 4 is 11.7 Å². The van der Waals surface area contributed by atoms with Gasteiger partial charge < -0.3 is 20.3 Å². The zero-order chi connectivity index (χ0) is 20.1. The number of nitrogens with one attached hydrogen (secondary N) is 1. The van der Waals surface area contributed by atoms with E-state index < -0.39 is 23.2 Å². The molecule has 1 aliphatic carbocycles. The molecule has 7 heteroatoms. The SMILES string of the molecule is O=C1C=C(O)C(C(=O)NCCc2ccc(Oc3ccc(F)cc3)cc2)=C(O)C1. The molecule has 2 aromatic carbocycles. The van der Waals surface area contributed by atoms with Gasteiger partial charge in [0.15, 0.2) is 5.78 Å². The van der Waals surface area contributed by atoms with Crippen LogP contribution in [0.25, 0.3) is 0 Å². The Hall–Kier alpha value is -3.61. The van der Waals surface area contributed by atoms with E-state index in [0.29, 0.717) is 17.9 Å². The number of allylic oxidation sites excluding steroid dienone is 2. The minimum Gasteiger partial charge on any atom is -0.511 e. The van der Waals surface area contributed by atoms with Crippen LogP contribution in [0.1, 0.15) is 12.0 Å². The van der Waals surface area contributed by atoms with Crippen molar-refractivity contribution in [1.82, 2.24) is 5.32 Å². The molecule has 0 unspecified atom stereocenters. The molecule has 0 aliphatic heterocycles. The van der Waals surface area contributed by atoms with E-state index in [1.807, 2.05) is 12.1 Å². The van der Waals surface area contributed by atoms with Crippen molar-refractivity contribution in [3.8, 4) is 11.5 Å². The van der Waals surface area contributed by atoms with Gasteiger partial charge >= 0.3 is 0 Å². The molecule has 0 spiro atoms. The summed E-state index contributed by atoms with van der Waals surface area (Å²) in [6.45, 7) is 0.273. The largest absolute Gasteiger partial charge is 0.511 e. The maximum Gasteiger partial charge on any atom is 0.258 e. The number of aliphatic hydroxyl groups excluding tert-OH is 2. The number of carbonyl (C=O) groups excluding carboxylic acids is 2. The van der Waals surface area contributed by atoms with Crippen LogP contribution < -0.4 is 10.1 Å². The zero-order valence-electron chi connectivity index (χ0n) is 14.8. The van der Waals surface area contributed by atoms with Gasteiger partial charge in [-0.05, 0) is 48.4 Å². The number of amides is 1. The van der Waals surface area contributed by atoms with Crippen LogP contribution in [0.15, 0.2) is 71.7 Å². The Bertz CT molecular complexity index is 946. The van der Waals surface area contributed by atoms with Crippen molar-refractivity contribution in [2.24, 2.45) is 0 Å². The van der Waals surface area contributed by atoms with Gasteiger partial charge in [0.1, 0.15) is 34.4 Å². The van der Waals surface area contributed by atoms with Crippen molar-refractivity contribution in [3.63, 3.8) is 0 Å². The highest BCUT2D eigenvalue weighted by atomic mass is 19.1. The number of hydrogen-bond donors (Lipinski definition) is 3. The highest BCUT2D eigenvalue weighted by molar-refractivity contribution is 6.04. The van der Waals surface area contributed by atoms with E-state index in [1.54, 1.807) is 12.1 Å². The Labute approximate surface area is 160 Å². The van der Waals surface area contributed by atoms with Crippen LogP contribution in [0, 0.1) is 5.82 Å². The molecule has 2 aromatic rings. The Morgan fingerprint density at radius 3 is 2.25 bits per heavy atom. The van der Waals surface area contributed by atoms with Gasteiger partial charge in [0.25, 0.3) is 5.91 Å². The van der Waals surface area contributed by atoms with Crippen molar-refractivity contribution < 1.29 is 28.9 Å². The summed E-state index contributed by atoms with van der Waals surface area (Å²) in [5, 5.41) is 22.0. The van der Waals surface area contributed by atoms with Crippen molar-refractivity contribution in [1.29, 1.82) is 0 Å². The maximum absolute atomic E-state index is 12.9. The minimum atomic E-state index is -0.644. The summed E-state index contributed by atoms with van der Waals surface area (Å²) < 4.78 is 18.5. The second-order valence-corrected chi connectivity index (χ2v) is 6.20. The fourth-order valence-corrected chi connectivity index (χ4v) is 2.70. The van der Waals surface area contributed by atoms with Gasteiger partial charge in [-0.15, -0.1) is 0 Å². The van der Waals surface area contributed by atoms with Gasteiger partial charge in [-0.2, -0.15) is 0 Å². The summed E-state index contributed by atoms with van der Waals surface area (Å²) in [4.78, 5) is 23.3. The fourth-order valence-electron chi connectivity index (χ4n) is 2.70. The molecular formula is C21H18FNO5. The number of carbonyl (C=O) groups is 2. The van der Waals surface area contributed by atoms with Crippen LogP contribution in [0.4, 0.5) is 4.39 Å². The fraction of sp³-hybridized carbons (Fsp3) is 0.143. The molecule has 0 radical (unpaired) electrons. The highest BCUT2D eigenvalue weighted by Gasteiger charge is 2.25. The lowest BCUT2D eigenvalue weighted by molar-refractivity contribution is -0.117. The number of ketones is 1. The lowest BCUT2D eigenvalue weighted by Crippen LogP contribution is -2.30. The molecule has 0 bridgehead atoms. The summed E-state index contributed by atoms with van der Waals surface area (Å²) in [7, 11) is 0. The Morgan fingerprint density at radius 1 is 1.04 bits per heavy atom. The molecule has 1 amide bonds. The number of aliphatic hydroxyl groups is 2. The number of rotatable bonds is 6. The average molecular weight is 383 g/mol. The van der Waals surface area contributed by atoms with Crippen LogP contribution >= 0.6 is 0 Å². The molecule has 0 saturated carbocycles. The van der Waals surface area contributed by atoms with Gasteiger partial charge in [0.05, 0.1) is 6.42 Å². The smallest absolute Gasteiger partial charge is 0.258 e. The molecule has 0 heterocycles. The van der Waals surface area contributed by atoms with Crippen molar-refractivity contribution in [2.45, 2.75) is 12.8 Å². The normalized spacial score (nSPS) is 13.9. The molecule has 0 aromatic heterocycles. The van der Waals surface area contributed by atoms with E-state index in [9.17, 15) is 24.2 Å². The second-order valence-electron chi connectivity index (χ2n) is 6.20. The molecule has 3 N–H and O–H groups in total. The summed E-state index contributed by atoms with van der Waals surface area (Å²) in [5.41, 5.74) is 0.659. The van der Waals surface area contributed by atoms with Gasteiger partial charge in [-0.25, -0.2) is 4.39 Å². The van der Waals surface area contributed by atoms with Crippen LogP contribution in [0.5, 0.6) is 11.5 Å². The van der Waals surface area contributed by atoms with E-state index >= 15 is 0 Å². The van der Waals surface area contributed by atoms with Crippen LogP contribution in [-0.4, -0.2) is 28.4 Å². The third-order valence-electron chi connectivity index (χ3n) is 4.08. The van der Waals surface area contributed by atoms with Crippen molar-refractivity contribution in [3.05, 3.63) is 83.1 Å². The van der Waals surface area contributed by atoms with Gasteiger partial charge in [0.2, 0.25) is 0 Å². The third-order valence-corrected chi connectivity index (χ3v) is 4.08. The molecule has 28 heavy (non-hydrogen) atoms. The summed E-state index contributed by atoms with van der Waals surface area (Å²) in [6.07, 6.45) is 1.14. The molecule has 0 atom stereocenters. The molecule has 3 rings (SSSR count). The monoisotopic (exact) mass is 383 g/mol. The van der Waals surface area contributed by atoms with E-state index in [2.05, 4.69) is 5.32 Å². The maximum atomic E-state index is 12.9. The molecule has 0 fully saturated rings. The first-order valence-corrected chi connectivity index (χ1v) is 8.59. The van der Waals surface area contributed by atoms with Gasteiger partial charge in [-0.3, -0.25) is 9.59 Å². The summed E-state index contributed by atoms with van der Waals surface area (Å²) in [5.74, 6) is -1.30. The predicted octanol–water partition coefficient (Wildman–Crippen LogP) is 3.50. The molecule has 1 aliphatic rings. The van der Waals surface area contributed by atoms with E-state index in [1.165, 1.54) is 24.3 Å². The van der Waals surface area contributed by atoms with Gasteiger partial charge in [0, 0.05) is 12.6 Å². The van der Waals surface area contributed by atoms with E-state index in [4.69, 9.17) is 4.74 Å². The Balaban J connectivity index is 1.52. The second kappa shape index (κ2) is 8.39. The number of hydrogen-bond acceptors (Lipinski definition) is 5. The van der Waals surface area contributed by atoms with Crippen LogP contribution in [0.2, 0.25) is 0 Å². The first-order chi connectivity index (χ1) is 13.4. The highest BCUT2D eigenvalue weighted by Crippen LogP contribution is 2.22. The lowest BCUT2D eigenvalue weighted by Gasteiger charge is -2.14. The number of benzene rings is 2. The Kier molecular flexibility index (Phi) is 5.74. The Morgan fingerprint density at radius 2 is 1.64 bits per heavy atom. The first kappa shape index (κ1) is 19.2. The average Bonchev–Trinajstić information content (AvgIpc) is 2.64. The summed E-state index contributed by atoms with van der Waals surface area (Å²) >= 11 is 0. The predicted molar refractivity (Wildman–Crippen MR) is 99.6 cm³/mol. The van der Waals surface area contributed by atoms with Crippen LogP contribution in [0.3, 0.4) is 0 Å². The topological polar surface area (TPSA) is 95.9 Å². The van der Waals surface area contributed by atoms with Crippen molar-refractivity contribution in [2.75, 3.05) is 6.54 Å². The molecular weight excluding hydrogens is 365 g/mol. The third kappa shape index (κ3) is 4.76. The lowest BCUT2D eigenvalue weighted by atomic mass is 10.0. The van der Waals surface area contributed by atoms with E-state index in [0.717, 1.165) is 11.6 Å². The molecule has 144 valence electrons. The standard InChI is InChI=1S/C21H18FNO5/c22-14-3-7-17(8-4-14)28-16-5-1-13(2-6-16)9-10-23-21(27)20-18(25)11-15(24)12-19(20)26/h1-8,11,25-26H,9-10,12H2,(H,23,27).